The minimum absolute atomic E-state index is 1.27. The highest BCUT2D eigenvalue weighted by Crippen LogP contribution is 2.35. The van der Waals surface area contributed by atoms with Gasteiger partial charge in [-0.25, -0.2) is 0 Å². The van der Waals surface area contributed by atoms with Crippen molar-refractivity contribution in [2.24, 2.45) is 0 Å². The van der Waals surface area contributed by atoms with Crippen LogP contribution in [0.5, 0.6) is 0 Å². The average molecular weight is 116 g/mol. The predicted molar refractivity (Wildman–Crippen MR) is 27.1 cm³/mol. The SMILES string of the molecule is N#CP(S)C#N. The molecule has 0 radical (unpaired) electrons. The van der Waals surface area contributed by atoms with Crippen LogP contribution in [0.2, 0.25) is 0 Å². The van der Waals surface area contributed by atoms with Gasteiger partial charge in [-0.2, -0.15) is 10.5 Å². The van der Waals surface area contributed by atoms with Crippen molar-refractivity contribution in [3.63, 3.8) is 0 Å². The summed E-state index contributed by atoms with van der Waals surface area (Å²) in [5.74, 6) is 3.36. The molecule has 0 amide bonds. The molecule has 0 fully saturated rings. The zero-order chi connectivity index (χ0) is 4.99. The fourth-order valence-electron chi connectivity index (χ4n) is 0.0224. The van der Waals surface area contributed by atoms with Gasteiger partial charge >= 0.3 is 0 Å². The molecule has 0 rings (SSSR count). The smallest absolute Gasteiger partial charge is 0.166 e. The van der Waals surface area contributed by atoms with E-state index in [9.17, 15) is 0 Å². The lowest BCUT2D eigenvalue weighted by molar-refractivity contribution is 1.55. The van der Waals surface area contributed by atoms with Gasteiger partial charge < -0.3 is 0 Å². The largest absolute Gasteiger partial charge is 0.191 e. The molecule has 0 atom stereocenters. The summed E-state index contributed by atoms with van der Waals surface area (Å²) in [6, 6.07) is 0. The minimum atomic E-state index is -1.27. The Bertz CT molecular complexity index is 95.7. The highest BCUT2D eigenvalue weighted by Gasteiger charge is 1.90. The number of nitriles is 2. The summed E-state index contributed by atoms with van der Waals surface area (Å²) in [7, 11) is -1.27. The van der Waals surface area contributed by atoms with Gasteiger partial charge in [0.2, 0.25) is 0 Å². The van der Waals surface area contributed by atoms with Gasteiger partial charge in [0.1, 0.15) is 11.6 Å². The predicted octanol–water partition coefficient (Wildman–Crippen LogP) is 1.28. The summed E-state index contributed by atoms with van der Waals surface area (Å²) < 4.78 is 0. The molecule has 0 heterocycles. The van der Waals surface area contributed by atoms with Crippen LogP contribution in [0.1, 0.15) is 0 Å². The summed E-state index contributed by atoms with van der Waals surface area (Å²) in [6.07, 6.45) is 0. The second-order valence-electron chi connectivity index (χ2n) is 0.512. The Kier molecular flexibility index (Phi) is 2.85. The Morgan fingerprint density at radius 3 is 1.67 bits per heavy atom. The first-order valence-corrected chi connectivity index (χ1v) is 3.59. The van der Waals surface area contributed by atoms with Crippen molar-refractivity contribution in [3.8, 4) is 11.6 Å². The number of nitrogens with zero attached hydrogens (tertiary/aromatic N) is 2. The van der Waals surface area contributed by atoms with Crippen molar-refractivity contribution < 1.29 is 0 Å². The first-order valence-electron chi connectivity index (χ1n) is 1.09. The van der Waals surface area contributed by atoms with Gasteiger partial charge in [-0.1, -0.05) is 0 Å². The lowest BCUT2D eigenvalue weighted by Gasteiger charge is -1.71. The van der Waals surface area contributed by atoms with Crippen LogP contribution in [0.15, 0.2) is 0 Å². The van der Waals surface area contributed by atoms with E-state index in [1.165, 1.54) is 0 Å². The molecule has 0 N–H and O–H groups in total. The van der Waals surface area contributed by atoms with E-state index >= 15 is 0 Å². The van der Waals surface area contributed by atoms with Crippen LogP contribution in [0, 0.1) is 22.1 Å². The fourth-order valence-corrected chi connectivity index (χ4v) is 0.0671. The van der Waals surface area contributed by atoms with E-state index in [4.69, 9.17) is 10.5 Å². The maximum absolute atomic E-state index is 7.81. The topological polar surface area (TPSA) is 47.6 Å². The van der Waals surface area contributed by atoms with E-state index < -0.39 is 7.12 Å². The third kappa shape index (κ3) is 2.03. The van der Waals surface area contributed by atoms with Gasteiger partial charge in [-0.05, 0) is 0 Å². The van der Waals surface area contributed by atoms with Crippen LogP contribution in [-0.2, 0) is 0 Å². The molecule has 6 heavy (non-hydrogen) atoms. The van der Waals surface area contributed by atoms with Gasteiger partial charge in [-0.3, -0.25) is 0 Å². The molecule has 0 aliphatic rings. The minimum Gasteiger partial charge on any atom is -0.191 e. The molecule has 4 heteroatoms. The molecular weight excluding hydrogens is 115 g/mol. The highest BCUT2D eigenvalue weighted by atomic mass is 32.7. The summed E-state index contributed by atoms with van der Waals surface area (Å²) in [6.45, 7) is 0. The second-order valence-corrected chi connectivity index (χ2v) is 2.74. The summed E-state index contributed by atoms with van der Waals surface area (Å²) >= 11 is 3.57. The van der Waals surface area contributed by atoms with E-state index in [1.54, 1.807) is 11.6 Å². The molecule has 0 aromatic rings. The zero-order valence-electron chi connectivity index (χ0n) is 2.79. The van der Waals surface area contributed by atoms with Crippen LogP contribution in [0.4, 0.5) is 0 Å². The normalized spacial score (nSPS) is 6.67. The van der Waals surface area contributed by atoms with Gasteiger partial charge in [0.25, 0.3) is 0 Å². The van der Waals surface area contributed by atoms with E-state index in [1.807, 2.05) is 0 Å². The van der Waals surface area contributed by atoms with Crippen molar-refractivity contribution in [1.29, 1.82) is 10.5 Å². The fraction of sp³-hybridized carbons (Fsp3) is 0. The number of hydrogen-bond donors (Lipinski definition) is 1. The third-order valence-electron chi connectivity index (χ3n) is 0.189. The van der Waals surface area contributed by atoms with Crippen LogP contribution < -0.4 is 0 Å². The van der Waals surface area contributed by atoms with Gasteiger partial charge in [0.05, 0.1) is 0 Å². The van der Waals surface area contributed by atoms with E-state index in [2.05, 4.69) is 12.2 Å². The lowest BCUT2D eigenvalue weighted by Crippen LogP contribution is -1.38. The van der Waals surface area contributed by atoms with Crippen molar-refractivity contribution in [2.75, 3.05) is 0 Å². The van der Waals surface area contributed by atoms with Crippen LogP contribution >= 0.6 is 19.4 Å². The Hall–Kier alpha value is -0.240. The van der Waals surface area contributed by atoms with Gasteiger partial charge in [0, 0.05) is 0 Å². The molecule has 2 nitrogen and oxygen atoms in total. The van der Waals surface area contributed by atoms with Crippen molar-refractivity contribution in [2.45, 2.75) is 0 Å². The monoisotopic (exact) mass is 116 g/mol. The summed E-state index contributed by atoms with van der Waals surface area (Å²) in [5.41, 5.74) is 0. The molecule has 0 saturated carbocycles. The van der Waals surface area contributed by atoms with Crippen molar-refractivity contribution in [3.05, 3.63) is 0 Å². The maximum Gasteiger partial charge on any atom is 0.166 e. The van der Waals surface area contributed by atoms with Crippen LogP contribution in [0.3, 0.4) is 0 Å². The van der Waals surface area contributed by atoms with Crippen molar-refractivity contribution >= 4 is 19.4 Å². The lowest BCUT2D eigenvalue weighted by atomic mass is 11.8. The molecular formula is C2HN2PS. The first-order chi connectivity index (χ1) is 2.81. The molecule has 0 saturated heterocycles. The number of rotatable bonds is 0. The van der Waals surface area contributed by atoms with E-state index in [0.717, 1.165) is 0 Å². The zero-order valence-corrected chi connectivity index (χ0v) is 4.58. The maximum atomic E-state index is 7.81. The molecule has 30 valence electrons. The molecule has 0 aromatic heterocycles. The highest BCUT2D eigenvalue weighted by molar-refractivity contribution is 8.48. The molecule has 0 unspecified atom stereocenters. The molecule has 0 aliphatic heterocycles. The standard InChI is InChI=1S/C2HN2PS/c3-1-5(6)2-4/h6H. The average Bonchev–Trinajstić information content (AvgIpc) is 1.65. The molecule has 0 bridgehead atoms. The molecule has 0 spiro atoms. The van der Waals surface area contributed by atoms with E-state index in [-0.39, 0.29) is 0 Å². The summed E-state index contributed by atoms with van der Waals surface area (Å²) in [4.78, 5) is 0. The number of hydrogen-bond acceptors (Lipinski definition) is 3. The first kappa shape index (κ1) is 5.76. The van der Waals surface area contributed by atoms with Crippen LogP contribution in [0.25, 0.3) is 0 Å². The van der Waals surface area contributed by atoms with Crippen LogP contribution in [-0.4, -0.2) is 0 Å². The van der Waals surface area contributed by atoms with E-state index in [0.29, 0.717) is 0 Å². The second kappa shape index (κ2) is 2.97. The quantitative estimate of drug-likeness (QED) is 0.382. The Morgan fingerprint density at radius 1 is 1.33 bits per heavy atom. The van der Waals surface area contributed by atoms with Crippen molar-refractivity contribution in [1.82, 2.24) is 0 Å². The number of thiol groups is 1. The molecule has 0 aliphatic carbocycles. The van der Waals surface area contributed by atoms with Gasteiger partial charge in [-0.15, -0.1) is 12.2 Å². The Morgan fingerprint density at radius 2 is 1.67 bits per heavy atom. The Labute approximate surface area is 42.3 Å². The van der Waals surface area contributed by atoms with Gasteiger partial charge in [0.15, 0.2) is 7.12 Å². The Balaban J connectivity index is 3.40. The summed E-state index contributed by atoms with van der Waals surface area (Å²) in [5, 5.41) is 15.6. The molecule has 0 aromatic carbocycles. The third-order valence-corrected chi connectivity index (χ3v) is 1.10.